The molecule has 0 saturated carbocycles. The van der Waals surface area contributed by atoms with Crippen LogP contribution in [-0.2, 0) is 4.79 Å². The van der Waals surface area contributed by atoms with E-state index in [-0.39, 0.29) is 23.0 Å². The molecule has 1 saturated heterocycles. The summed E-state index contributed by atoms with van der Waals surface area (Å²) >= 11 is 5.60. The lowest BCUT2D eigenvalue weighted by Crippen LogP contribution is -2.37. The lowest BCUT2D eigenvalue weighted by atomic mass is 10.1. The number of carbonyl (C=O) groups is 1. The number of benzene rings is 1. The zero-order valence-corrected chi connectivity index (χ0v) is 9.30. The molecule has 16 heavy (non-hydrogen) atoms. The van der Waals surface area contributed by atoms with Gasteiger partial charge < -0.3 is 5.73 Å². The number of hydrogen-bond acceptors (Lipinski definition) is 2. The lowest BCUT2D eigenvalue weighted by molar-refractivity contribution is -0.119. The van der Waals surface area contributed by atoms with E-state index in [0.29, 0.717) is 6.42 Å². The van der Waals surface area contributed by atoms with Crippen molar-refractivity contribution in [3.63, 3.8) is 0 Å². The van der Waals surface area contributed by atoms with Crippen molar-refractivity contribution in [1.29, 1.82) is 0 Å². The minimum absolute atomic E-state index is 0.0238. The van der Waals surface area contributed by atoms with Crippen molar-refractivity contribution in [2.75, 3.05) is 0 Å². The average molecular weight is 243 g/mol. The molecule has 5 heteroatoms. The smallest absolute Gasteiger partial charge is 0.234 e. The predicted molar refractivity (Wildman–Crippen MR) is 59.5 cm³/mol. The van der Waals surface area contributed by atoms with Crippen molar-refractivity contribution in [2.45, 2.75) is 24.9 Å². The SMILES string of the molecule is NC(=O)C1CC[C@@H](c2ccc(Cl)c(F)c2)N1. The zero-order valence-electron chi connectivity index (χ0n) is 8.54. The molecule has 1 heterocycles. The molecule has 1 fully saturated rings. The van der Waals surface area contributed by atoms with Crippen molar-refractivity contribution in [2.24, 2.45) is 5.73 Å². The molecule has 86 valence electrons. The Morgan fingerprint density at radius 2 is 2.25 bits per heavy atom. The van der Waals surface area contributed by atoms with E-state index < -0.39 is 5.82 Å². The van der Waals surface area contributed by atoms with Gasteiger partial charge in [0.2, 0.25) is 5.91 Å². The topological polar surface area (TPSA) is 55.1 Å². The van der Waals surface area contributed by atoms with E-state index in [2.05, 4.69) is 5.32 Å². The van der Waals surface area contributed by atoms with E-state index in [0.717, 1.165) is 12.0 Å². The normalized spacial score (nSPS) is 24.6. The van der Waals surface area contributed by atoms with Crippen LogP contribution >= 0.6 is 11.6 Å². The first-order chi connectivity index (χ1) is 7.58. The average Bonchev–Trinajstić information content (AvgIpc) is 2.71. The number of nitrogens with one attached hydrogen (secondary N) is 1. The van der Waals surface area contributed by atoms with Crippen molar-refractivity contribution < 1.29 is 9.18 Å². The molecule has 1 aliphatic rings. The van der Waals surface area contributed by atoms with Crippen LogP contribution in [0.2, 0.25) is 5.02 Å². The fourth-order valence-electron chi connectivity index (χ4n) is 1.96. The van der Waals surface area contributed by atoms with Crippen LogP contribution < -0.4 is 11.1 Å². The van der Waals surface area contributed by atoms with Crippen molar-refractivity contribution in [1.82, 2.24) is 5.32 Å². The van der Waals surface area contributed by atoms with E-state index in [1.165, 1.54) is 12.1 Å². The minimum Gasteiger partial charge on any atom is -0.368 e. The Labute approximate surface area is 97.8 Å². The molecule has 0 bridgehead atoms. The van der Waals surface area contributed by atoms with Gasteiger partial charge >= 0.3 is 0 Å². The molecular formula is C11H12ClFN2O. The Bertz CT molecular complexity index is 424. The van der Waals surface area contributed by atoms with Crippen LogP contribution in [-0.4, -0.2) is 11.9 Å². The van der Waals surface area contributed by atoms with Gasteiger partial charge in [0.05, 0.1) is 11.1 Å². The fraction of sp³-hybridized carbons (Fsp3) is 0.364. The van der Waals surface area contributed by atoms with Crippen LogP contribution in [0, 0.1) is 5.82 Å². The van der Waals surface area contributed by atoms with Gasteiger partial charge in [0.15, 0.2) is 0 Å². The molecule has 1 aromatic rings. The van der Waals surface area contributed by atoms with Gasteiger partial charge in [0, 0.05) is 6.04 Å². The summed E-state index contributed by atoms with van der Waals surface area (Å²) in [5, 5.41) is 3.17. The Morgan fingerprint density at radius 1 is 1.50 bits per heavy atom. The molecule has 0 aliphatic carbocycles. The van der Waals surface area contributed by atoms with E-state index in [1.54, 1.807) is 6.07 Å². The summed E-state index contributed by atoms with van der Waals surface area (Å²) in [6.45, 7) is 0. The predicted octanol–water partition coefficient (Wildman–Crippen LogP) is 1.76. The summed E-state index contributed by atoms with van der Waals surface area (Å²) in [6.07, 6.45) is 1.46. The standard InChI is InChI=1S/C11H12ClFN2O/c12-7-2-1-6(5-8(7)13)9-3-4-10(15-9)11(14)16/h1-2,5,9-10,15H,3-4H2,(H2,14,16)/t9-,10?/m0/s1. The first-order valence-electron chi connectivity index (χ1n) is 5.08. The number of rotatable bonds is 2. The summed E-state index contributed by atoms with van der Waals surface area (Å²) in [5.74, 6) is -0.805. The summed E-state index contributed by atoms with van der Waals surface area (Å²) in [6, 6.07) is 4.33. The quantitative estimate of drug-likeness (QED) is 0.830. The maximum atomic E-state index is 13.2. The fourth-order valence-corrected chi connectivity index (χ4v) is 2.08. The molecule has 1 unspecified atom stereocenters. The van der Waals surface area contributed by atoms with Crippen molar-refractivity contribution >= 4 is 17.5 Å². The highest BCUT2D eigenvalue weighted by atomic mass is 35.5. The summed E-state index contributed by atoms with van der Waals surface area (Å²) in [4.78, 5) is 11.0. The molecule has 2 rings (SSSR count). The highest BCUT2D eigenvalue weighted by Crippen LogP contribution is 2.28. The molecular weight excluding hydrogens is 231 g/mol. The number of nitrogens with two attached hydrogens (primary N) is 1. The maximum Gasteiger partial charge on any atom is 0.234 e. The van der Waals surface area contributed by atoms with Gasteiger partial charge in [0.1, 0.15) is 5.82 Å². The van der Waals surface area contributed by atoms with Gasteiger partial charge in [-0.05, 0) is 30.5 Å². The van der Waals surface area contributed by atoms with E-state index in [4.69, 9.17) is 17.3 Å². The van der Waals surface area contributed by atoms with E-state index in [1.807, 2.05) is 0 Å². The van der Waals surface area contributed by atoms with Crippen LogP contribution in [0.15, 0.2) is 18.2 Å². The van der Waals surface area contributed by atoms with E-state index in [9.17, 15) is 9.18 Å². The third-order valence-electron chi connectivity index (χ3n) is 2.84. The van der Waals surface area contributed by atoms with Crippen LogP contribution in [0.1, 0.15) is 24.4 Å². The third kappa shape index (κ3) is 2.18. The molecule has 1 aromatic carbocycles. The highest BCUT2D eigenvalue weighted by molar-refractivity contribution is 6.30. The van der Waals surface area contributed by atoms with E-state index >= 15 is 0 Å². The summed E-state index contributed by atoms with van der Waals surface area (Å²) in [7, 11) is 0. The first-order valence-corrected chi connectivity index (χ1v) is 5.46. The Morgan fingerprint density at radius 3 is 2.81 bits per heavy atom. The van der Waals surface area contributed by atoms with Gasteiger partial charge in [0.25, 0.3) is 0 Å². The largest absolute Gasteiger partial charge is 0.368 e. The summed E-state index contributed by atoms with van der Waals surface area (Å²) in [5.41, 5.74) is 5.99. The molecule has 2 atom stereocenters. The van der Waals surface area contributed by atoms with Gasteiger partial charge in [-0.25, -0.2) is 4.39 Å². The van der Waals surface area contributed by atoms with Gasteiger partial charge in [-0.3, -0.25) is 10.1 Å². The summed E-state index contributed by atoms with van der Waals surface area (Å²) < 4.78 is 13.2. The molecule has 1 aliphatic heterocycles. The number of carbonyl (C=O) groups excluding carboxylic acids is 1. The Balaban J connectivity index is 2.14. The molecule has 0 radical (unpaired) electrons. The first kappa shape index (κ1) is 11.4. The van der Waals surface area contributed by atoms with Crippen molar-refractivity contribution in [3.8, 4) is 0 Å². The minimum atomic E-state index is -0.441. The lowest BCUT2D eigenvalue weighted by Gasteiger charge is -2.12. The molecule has 0 spiro atoms. The molecule has 3 nitrogen and oxygen atoms in total. The van der Waals surface area contributed by atoms with Crippen LogP contribution in [0.3, 0.4) is 0 Å². The van der Waals surface area contributed by atoms with Gasteiger partial charge in [-0.15, -0.1) is 0 Å². The second-order valence-electron chi connectivity index (χ2n) is 3.93. The van der Waals surface area contributed by atoms with Crippen LogP contribution in [0.4, 0.5) is 4.39 Å². The number of halogens is 2. The molecule has 3 N–H and O–H groups in total. The van der Waals surface area contributed by atoms with Crippen LogP contribution in [0.25, 0.3) is 0 Å². The Hall–Kier alpha value is -1.13. The number of hydrogen-bond donors (Lipinski definition) is 2. The molecule has 1 amide bonds. The van der Waals surface area contributed by atoms with Gasteiger partial charge in [-0.2, -0.15) is 0 Å². The van der Waals surface area contributed by atoms with Crippen molar-refractivity contribution in [3.05, 3.63) is 34.6 Å². The second-order valence-corrected chi connectivity index (χ2v) is 4.33. The second kappa shape index (κ2) is 4.39. The highest BCUT2D eigenvalue weighted by Gasteiger charge is 2.28. The molecule has 0 aromatic heterocycles. The Kier molecular flexibility index (Phi) is 3.12. The third-order valence-corrected chi connectivity index (χ3v) is 3.14. The van der Waals surface area contributed by atoms with Crippen LogP contribution in [0.5, 0.6) is 0 Å². The maximum absolute atomic E-state index is 13.2. The number of primary amides is 1. The number of amides is 1. The monoisotopic (exact) mass is 242 g/mol. The zero-order chi connectivity index (χ0) is 11.7. The van der Waals surface area contributed by atoms with Gasteiger partial charge in [-0.1, -0.05) is 17.7 Å².